The van der Waals surface area contributed by atoms with Crippen LogP contribution < -0.4 is 20.1 Å². The fraction of sp³-hybridized carbons (Fsp3) is 0.514. The maximum atomic E-state index is 11.9. The van der Waals surface area contributed by atoms with Gasteiger partial charge in [0.25, 0.3) is 5.56 Å². The van der Waals surface area contributed by atoms with E-state index in [1.807, 2.05) is 10.9 Å². The molecule has 9 heteroatoms. The summed E-state index contributed by atoms with van der Waals surface area (Å²) in [5.74, 6) is 1.02. The van der Waals surface area contributed by atoms with Crippen LogP contribution in [0.25, 0.3) is 10.8 Å². The molecule has 1 N–H and O–H groups in total. The number of hydrogen-bond donors (Lipinski definition) is 1. The summed E-state index contributed by atoms with van der Waals surface area (Å²) in [5.41, 5.74) is 5.08. The summed E-state index contributed by atoms with van der Waals surface area (Å²) >= 11 is 0. The average Bonchev–Trinajstić information content (AvgIpc) is 3.79. The number of benzene rings is 2. The van der Waals surface area contributed by atoms with Gasteiger partial charge in [-0.05, 0) is 81.5 Å². The van der Waals surface area contributed by atoms with Crippen molar-refractivity contribution in [1.82, 2.24) is 24.6 Å². The molecule has 1 atom stereocenters. The van der Waals surface area contributed by atoms with E-state index in [1.54, 1.807) is 6.07 Å². The molecule has 0 aliphatic carbocycles. The van der Waals surface area contributed by atoms with Gasteiger partial charge in [0.05, 0.1) is 23.8 Å². The van der Waals surface area contributed by atoms with Crippen LogP contribution in [0.1, 0.15) is 68.3 Å². The number of nitrogens with zero attached hydrogens (tertiary/aromatic N) is 6. The van der Waals surface area contributed by atoms with Crippen LogP contribution in [-0.4, -0.2) is 69.5 Å². The number of anilines is 2. The van der Waals surface area contributed by atoms with Crippen LogP contribution >= 0.6 is 0 Å². The second-order valence-electron chi connectivity index (χ2n) is 13.2. The van der Waals surface area contributed by atoms with E-state index >= 15 is 0 Å². The molecular weight excluding hydrogens is 550 g/mol. The topological polar surface area (TPSA) is 82.5 Å². The smallest absolute Gasteiger partial charge is 0.318 e. The van der Waals surface area contributed by atoms with Crippen LogP contribution in [0.5, 0.6) is 6.01 Å². The van der Waals surface area contributed by atoms with Crippen molar-refractivity contribution in [3.05, 3.63) is 75.8 Å². The van der Waals surface area contributed by atoms with Crippen molar-refractivity contribution in [3.8, 4) is 6.01 Å². The molecule has 230 valence electrons. The molecule has 1 unspecified atom stereocenters. The minimum Gasteiger partial charge on any atom is -0.461 e. The van der Waals surface area contributed by atoms with E-state index in [4.69, 9.17) is 14.7 Å². The van der Waals surface area contributed by atoms with E-state index in [2.05, 4.69) is 63.1 Å². The predicted molar refractivity (Wildman–Crippen MR) is 174 cm³/mol. The van der Waals surface area contributed by atoms with E-state index in [0.29, 0.717) is 12.6 Å². The van der Waals surface area contributed by atoms with Crippen LogP contribution in [0.15, 0.2) is 53.5 Å². The first-order valence-corrected chi connectivity index (χ1v) is 16.7. The largest absolute Gasteiger partial charge is 0.461 e. The molecule has 0 bridgehead atoms. The molecule has 3 fully saturated rings. The monoisotopic (exact) mass is 593 g/mol. The summed E-state index contributed by atoms with van der Waals surface area (Å²) in [6.07, 6.45) is 10.7. The average molecular weight is 594 g/mol. The lowest BCUT2D eigenvalue weighted by molar-refractivity contribution is 0.107. The Morgan fingerprint density at radius 1 is 0.977 bits per heavy atom. The fourth-order valence-electron chi connectivity index (χ4n) is 8.47. The van der Waals surface area contributed by atoms with Gasteiger partial charge in [-0.3, -0.25) is 19.5 Å². The number of rotatable bonds is 7. The van der Waals surface area contributed by atoms with Crippen molar-refractivity contribution in [2.24, 2.45) is 0 Å². The quantitative estimate of drug-likeness (QED) is 0.320. The summed E-state index contributed by atoms with van der Waals surface area (Å²) in [6.45, 7) is 8.65. The van der Waals surface area contributed by atoms with Gasteiger partial charge in [-0.2, -0.15) is 9.97 Å². The van der Waals surface area contributed by atoms with Gasteiger partial charge in [-0.25, -0.2) is 0 Å². The summed E-state index contributed by atoms with van der Waals surface area (Å²) in [4.78, 5) is 29.8. The molecule has 4 aliphatic heterocycles. The first-order valence-electron chi connectivity index (χ1n) is 16.7. The molecule has 0 amide bonds. The Kier molecular flexibility index (Phi) is 7.08. The Morgan fingerprint density at radius 3 is 2.61 bits per heavy atom. The fourth-order valence-corrected chi connectivity index (χ4v) is 8.47. The van der Waals surface area contributed by atoms with Gasteiger partial charge >= 0.3 is 6.01 Å². The molecule has 2 aromatic heterocycles. The third-order valence-corrected chi connectivity index (χ3v) is 10.7. The first kappa shape index (κ1) is 27.7. The van der Waals surface area contributed by atoms with Gasteiger partial charge in [0.2, 0.25) is 0 Å². The SMILES string of the molecule is CCc1cccc2cccc(N3CCc4c(nc(OCC56CCCN5CCC6)nc4N4CCCC(n5ccc(=O)[nH]5)C4)C3)c12. The van der Waals surface area contributed by atoms with E-state index in [9.17, 15) is 4.79 Å². The number of aryl methyl sites for hydroxylation is 1. The van der Waals surface area contributed by atoms with Crippen LogP contribution in [-0.2, 0) is 19.4 Å². The zero-order chi connectivity index (χ0) is 29.7. The summed E-state index contributed by atoms with van der Waals surface area (Å²) in [5, 5.41) is 5.62. The molecular formula is C35H43N7O2. The number of fused-ring (bicyclic) bond motifs is 3. The van der Waals surface area contributed by atoms with Crippen molar-refractivity contribution in [3.63, 3.8) is 0 Å². The van der Waals surface area contributed by atoms with Crippen LogP contribution in [0.3, 0.4) is 0 Å². The molecule has 8 rings (SSSR count). The van der Waals surface area contributed by atoms with Crippen molar-refractivity contribution < 1.29 is 4.74 Å². The molecule has 0 radical (unpaired) electrons. The van der Waals surface area contributed by atoms with Crippen LogP contribution in [0.2, 0.25) is 0 Å². The molecule has 44 heavy (non-hydrogen) atoms. The van der Waals surface area contributed by atoms with Gasteiger partial charge in [-0.1, -0.05) is 37.3 Å². The number of ether oxygens (including phenoxy) is 1. The van der Waals surface area contributed by atoms with Crippen molar-refractivity contribution in [2.45, 2.75) is 76.4 Å². The third kappa shape index (κ3) is 4.85. The van der Waals surface area contributed by atoms with Crippen molar-refractivity contribution in [1.29, 1.82) is 0 Å². The van der Waals surface area contributed by atoms with Gasteiger partial charge in [0.15, 0.2) is 0 Å². The highest BCUT2D eigenvalue weighted by molar-refractivity contribution is 5.97. The van der Waals surface area contributed by atoms with E-state index in [1.165, 1.54) is 66.4 Å². The van der Waals surface area contributed by atoms with Crippen molar-refractivity contribution >= 4 is 22.3 Å². The minimum atomic E-state index is -0.0516. The first-order chi connectivity index (χ1) is 21.6. The maximum Gasteiger partial charge on any atom is 0.318 e. The normalized spacial score (nSPS) is 21.5. The highest BCUT2D eigenvalue weighted by Crippen LogP contribution is 2.40. The van der Waals surface area contributed by atoms with Gasteiger partial charge in [-0.15, -0.1) is 0 Å². The summed E-state index contributed by atoms with van der Waals surface area (Å²) in [7, 11) is 0. The third-order valence-electron chi connectivity index (χ3n) is 10.7. The number of aromatic nitrogens is 4. The molecule has 6 heterocycles. The Balaban J connectivity index is 1.14. The van der Waals surface area contributed by atoms with Gasteiger partial charge in [0.1, 0.15) is 12.4 Å². The molecule has 9 nitrogen and oxygen atoms in total. The Hall–Kier alpha value is -3.85. The van der Waals surface area contributed by atoms with Crippen molar-refractivity contribution in [2.75, 3.05) is 49.1 Å². The van der Waals surface area contributed by atoms with E-state index in [-0.39, 0.29) is 17.1 Å². The molecule has 4 aliphatic rings. The maximum absolute atomic E-state index is 11.9. The van der Waals surface area contributed by atoms with E-state index in [0.717, 1.165) is 63.4 Å². The number of piperidine rings is 1. The molecule has 4 aromatic rings. The number of nitrogens with one attached hydrogen (secondary N) is 1. The highest BCUT2D eigenvalue weighted by Gasteiger charge is 2.45. The second kappa shape index (κ2) is 11.3. The second-order valence-corrected chi connectivity index (χ2v) is 13.2. The Morgan fingerprint density at radius 2 is 1.82 bits per heavy atom. The Bertz CT molecular complexity index is 1710. The zero-order valence-corrected chi connectivity index (χ0v) is 25.8. The van der Waals surface area contributed by atoms with E-state index < -0.39 is 0 Å². The minimum absolute atomic E-state index is 0.0516. The molecule has 0 spiro atoms. The van der Waals surface area contributed by atoms with Crippen LogP contribution in [0.4, 0.5) is 11.5 Å². The predicted octanol–water partition coefficient (Wildman–Crippen LogP) is 5.09. The summed E-state index contributed by atoms with van der Waals surface area (Å²) in [6, 6.07) is 15.7. The lowest BCUT2D eigenvalue weighted by Crippen LogP contribution is -2.44. The molecule has 0 saturated carbocycles. The van der Waals surface area contributed by atoms with Crippen LogP contribution in [0, 0.1) is 0 Å². The lowest BCUT2D eigenvalue weighted by Gasteiger charge is -2.38. The Labute approximate surface area is 258 Å². The molecule has 3 saturated heterocycles. The van der Waals surface area contributed by atoms with Gasteiger partial charge in [0, 0.05) is 48.5 Å². The number of hydrogen-bond acceptors (Lipinski definition) is 7. The zero-order valence-electron chi connectivity index (χ0n) is 25.8. The highest BCUT2D eigenvalue weighted by atomic mass is 16.5. The lowest BCUT2D eigenvalue weighted by atomic mass is 9.95. The number of H-pyrrole nitrogens is 1. The summed E-state index contributed by atoms with van der Waals surface area (Å²) < 4.78 is 8.57. The molecule has 2 aromatic carbocycles. The standard InChI is InChI=1S/C35H43N7O2/c1-2-25-8-3-9-26-10-4-12-30(32(25)26)39-20-13-28-29(23-39)36-34(44-24-35-15-6-18-41(35)19-7-16-35)37-33(28)40-17-5-11-27(22-40)42-21-14-31(43)38-42/h3-4,8-10,12,14,21,27H,2,5-7,11,13,15-20,22-24H2,1H3,(H,38,43). The number of aromatic amines is 1. The van der Waals surface area contributed by atoms with Gasteiger partial charge < -0.3 is 14.5 Å².